The van der Waals surface area contributed by atoms with Crippen LogP contribution in [0, 0.1) is 29.1 Å². The molecule has 3 aliphatic heterocycles. The molecule has 5 atom stereocenters. The molecule has 2 aromatic heterocycles. The lowest BCUT2D eigenvalue weighted by atomic mass is 9.96. The van der Waals surface area contributed by atoms with Gasteiger partial charge in [0, 0.05) is 42.5 Å². The fraction of sp³-hybridized carbons (Fsp3) is 0.511. The third kappa shape index (κ3) is 8.17. The average Bonchev–Trinajstić information content (AvgIpc) is 3.84. The average molecular weight is 819 g/mol. The molecule has 1 saturated carbocycles. The second-order valence-corrected chi connectivity index (χ2v) is 17.6. The molecule has 2 aromatic carbocycles. The Kier molecular flexibility index (Phi) is 11.1. The van der Waals surface area contributed by atoms with Crippen LogP contribution >= 0.6 is 0 Å². The van der Waals surface area contributed by atoms with Gasteiger partial charge in [0.2, 0.25) is 11.8 Å². The number of carbonyl (C=O) groups is 4. The van der Waals surface area contributed by atoms with Gasteiger partial charge in [0.1, 0.15) is 23.7 Å². The lowest BCUT2D eigenvalue weighted by molar-refractivity contribution is -0.136. The van der Waals surface area contributed by atoms with E-state index in [1.54, 1.807) is 4.90 Å². The van der Waals surface area contributed by atoms with Gasteiger partial charge in [0.15, 0.2) is 0 Å². The Labute approximate surface area is 349 Å². The number of nitrogens with one attached hydrogen (secondary N) is 4. The van der Waals surface area contributed by atoms with Gasteiger partial charge in [-0.25, -0.2) is 19.6 Å². The number of likely N-dealkylation sites (tertiary alicyclic amines) is 2. The number of aromatic amines is 2. The van der Waals surface area contributed by atoms with Gasteiger partial charge in [-0.1, -0.05) is 51.7 Å². The van der Waals surface area contributed by atoms with Crippen molar-refractivity contribution in [1.29, 1.82) is 0 Å². The molecule has 4 aromatic rings. The van der Waals surface area contributed by atoms with Crippen LogP contribution in [0.15, 0.2) is 48.7 Å². The van der Waals surface area contributed by atoms with Crippen molar-refractivity contribution in [3.63, 3.8) is 0 Å². The number of ether oxygens (including phenoxy) is 3. The topological polar surface area (TPSA) is 184 Å². The molecular formula is C45H54N8O7. The molecule has 2 spiro atoms. The van der Waals surface area contributed by atoms with Crippen molar-refractivity contribution in [1.82, 2.24) is 40.4 Å². The number of aromatic nitrogens is 4. The lowest BCUT2D eigenvalue weighted by Gasteiger charge is -2.30. The van der Waals surface area contributed by atoms with Crippen LogP contribution in [-0.4, -0.2) is 105 Å². The number of hydrogen-bond acceptors (Lipinski definition) is 9. The summed E-state index contributed by atoms with van der Waals surface area (Å²) in [5, 5.41) is 5.47. The fourth-order valence-corrected chi connectivity index (χ4v) is 9.08. The summed E-state index contributed by atoms with van der Waals surface area (Å²) in [6.07, 6.45) is 5.96. The number of amides is 4. The van der Waals surface area contributed by atoms with Crippen LogP contribution in [0.5, 0.6) is 0 Å². The zero-order valence-corrected chi connectivity index (χ0v) is 35.1. The van der Waals surface area contributed by atoms with Crippen molar-refractivity contribution >= 4 is 35.0 Å². The molecule has 15 heteroatoms. The summed E-state index contributed by atoms with van der Waals surface area (Å²) in [7, 11) is 2.58. The minimum Gasteiger partial charge on any atom is -0.453 e. The van der Waals surface area contributed by atoms with Crippen LogP contribution in [0.25, 0.3) is 22.3 Å². The molecule has 0 bridgehead atoms. The molecule has 8 rings (SSSR count). The molecule has 316 valence electrons. The van der Waals surface area contributed by atoms with Gasteiger partial charge >= 0.3 is 12.2 Å². The van der Waals surface area contributed by atoms with E-state index in [0.29, 0.717) is 31.9 Å². The van der Waals surface area contributed by atoms with Crippen molar-refractivity contribution < 1.29 is 33.4 Å². The van der Waals surface area contributed by atoms with E-state index in [4.69, 9.17) is 24.2 Å². The summed E-state index contributed by atoms with van der Waals surface area (Å²) < 4.78 is 15.9. The van der Waals surface area contributed by atoms with Gasteiger partial charge in [-0.2, -0.15) is 0 Å². The van der Waals surface area contributed by atoms with Crippen molar-refractivity contribution in [2.75, 3.05) is 33.9 Å². The van der Waals surface area contributed by atoms with E-state index in [0.717, 1.165) is 71.3 Å². The maximum absolute atomic E-state index is 14.0. The predicted octanol–water partition coefficient (Wildman–Crippen LogP) is 5.99. The second kappa shape index (κ2) is 16.3. The Bertz CT molecular complexity index is 2330. The van der Waals surface area contributed by atoms with E-state index in [1.165, 1.54) is 14.2 Å². The lowest BCUT2D eigenvalue weighted by Crippen LogP contribution is -2.51. The Morgan fingerprint density at radius 3 is 2.02 bits per heavy atom. The minimum absolute atomic E-state index is 0.103. The van der Waals surface area contributed by atoms with Crippen molar-refractivity contribution in [3.8, 4) is 23.1 Å². The monoisotopic (exact) mass is 818 g/mol. The number of alkyl carbamates (subject to hydrolysis) is 2. The molecule has 4 N–H and O–H groups in total. The SMILES string of the molecule is COC(=O)N[C@H](C(=O)N1C[C@]2(CCCO2)C[C@H]1c1nc(-c2ccc(C#Cc3ccc4[nH]c([C@@H]5CC6(CC6)CN5C(=O)[C@@H](NC(=O)OC)C(C)C)nc4c3)cc2)c[nH]1)C(C)C. The molecule has 1 aliphatic carbocycles. The largest absolute Gasteiger partial charge is 0.453 e. The number of rotatable bonds is 9. The van der Waals surface area contributed by atoms with Crippen molar-refractivity contribution in [3.05, 3.63) is 71.4 Å². The first-order chi connectivity index (χ1) is 28.8. The van der Waals surface area contributed by atoms with Gasteiger partial charge in [-0.3, -0.25) is 9.59 Å². The van der Waals surface area contributed by atoms with Crippen LogP contribution in [0.3, 0.4) is 0 Å². The third-order valence-electron chi connectivity index (χ3n) is 12.7. The number of fused-ring (bicyclic) bond motifs is 1. The summed E-state index contributed by atoms with van der Waals surface area (Å²) in [5.74, 6) is 7.37. The number of imidazole rings is 2. The highest BCUT2D eigenvalue weighted by Crippen LogP contribution is 2.58. The van der Waals surface area contributed by atoms with E-state index in [2.05, 4.69) is 32.4 Å². The van der Waals surface area contributed by atoms with E-state index < -0.39 is 29.9 Å². The molecule has 60 heavy (non-hydrogen) atoms. The van der Waals surface area contributed by atoms with Crippen LogP contribution in [0.4, 0.5) is 9.59 Å². The minimum atomic E-state index is -0.755. The van der Waals surface area contributed by atoms with E-state index in [9.17, 15) is 19.2 Å². The Hall–Kier alpha value is -5.88. The summed E-state index contributed by atoms with van der Waals surface area (Å²) >= 11 is 0. The molecule has 4 amide bonds. The van der Waals surface area contributed by atoms with Crippen LogP contribution in [0.1, 0.15) is 101 Å². The molecule has 4 aliphatic rings. The van der Waals surface area contributed by atoms with Crippen LogP contribution < -0.4 is 10.6 Å². The van der Waals surface area contributed by atoms with Gasteiger partial charge in [0.05, 0.1) is 55.2 Å². The van der Waals surface area contributed by atoms with Gasteiger partial charge in [-0.15, -0.1) is 0 Å². The summed E-state index contributed by atoms with van der Waals surface area (Å²) in [4.78, 5) is 72.6. The van der Waals surface area contributed by atoms with Gasteiger partial charge in [0.25, 0.3) is 0 Å². The predicted molar refractivity (Wildman–Crippen MR) is 222 cm³/mol. The highest BCUT2D eigenvalue weighted by Gasteiger charge is 2.55. The van der Waals surface area contributed by atoms with Crippen LogP contribution in [-0.2, 0) is 23.8 Å². The molecule has 0 unspecified atom stereocenters. The van der Waals surface area contributed by atoms with Crippen LogP contribution in [0.2, 0.25) is 0 Å². The van der Waals surface area contributed by atoms with E-state index in [1.807, 2.05) is 81.3 Å². The first-order valence-electron chi connectivity index (χ1n) is 20.9. The molecular weight excluding hydrogens is 765 g/mol. The Balaban J connectivity index is 0.968. The Morgan fingerprint density at radius 2 is 1.42 bits per heavy atom. The Morgan fingerprint density at radius 1 is 0.800 bits per heavy atom. The second-order valence-electron chi connectivity index (χ2n) is 17.6. The fourth-order valence-electron chi connectivity index (χ4n) is 9.08. The molecule has 4 fully saturated rings. The van der Waals surface area contributed by atoms with Crippen molar-refractivity contribution in [2.45, 2.75) is 96.0 Å². The number of benzene rings is 2. The zero-order valence-electron chi connectivity index (χ0n) is 35.1. The normalized spacial score (nSPS) is 22.6. The van der Waals surface area contributed by atoms with Gasteiger partial charge < -0.3 is 44.6 Å². The summed E-state index contributed by atoms with van der Waals surface area (Å²) in [5.41, 5.74) is 4.58. The first-order valence-corrected chi connectivity index (χ1v) is 20.9. The number of hydrogen-bond donors (Lipinski definition) is 4. The molecule has 3 saturated heterocycles. The van der Waals surface area contributed by atoms with Crippen molar-refractivity contribution in [2.24, 2.45) is 17.3 Å². The smallest absolute Gasteiger partial charge is 0.407 e. The highest BCUT2D eigenvalue weighted by atomic mass is 16.5. The first kappa shape index (κ1) is 40.9. The standard InChI is InChI=1S/C45H54N8O7/c1-26(2)36(50-42(56)58-5)40(54)52-24-44(17-18-44)21-34(52)39-47-31-15-12-29(20-32(31)48-39)9-8-28-10-13-30(14-11-28)33-23-46-38(49-33)35-22-45(16-7-19-60-45)25-53(35)41(55)37(27(3)4)51-43(57)59-6/h10-15,20,23,26-27,34-37H,7,16-19,21-22,24-25H2,1-6H3,(H,46,49)(H,47,48)(H,50,56)(H,51,57)/t34-,35-,36-,37-,45-/m0/s1. The van der Waals surface area contributed by atoms with E-state index >= 15 is 0 Å². The maximum Gasteiger partial charge on any atom is 0.407 e. The summed E-state index contributed by atoms with van der Waals surface area (Å²) in [6.45, 7) is 9.35. The molecule has 5 heterocycles. The molecule has 0 radical (unpaired) electrons. The maximum atomic E-state index is 14.0. The number of nitrogens with zero attached hydrogens (tertiary/aromatic N) is 4. The quantitative estimate of drug-likeness (QED) is 0.147. The van der Waals surface area contributed by atoms with E-state index in [-0.39, 0.29) is 41.1 Å². The zero-order chi connectivity index (χ0) is 42.3. The number of H-pyrrole nitrogens is 2. The third-order valence-corrected chi connectivity index (χ3v) is 12.7. The summed E-state index contributed by atoms with van der Waals surface area (Å²) in [6, 6.07) is 11.7. The number of methoxy groups -OCH3 is 2. The van der Waals surface area contributed by atoms with Gasteiger partial charge in [-0.05, 0) is 79.7 Å². The number of carbonyl (C=O) groups excluding carboxylic acids is 4. The highest BCUT2D eigenvalue weighted by molar-refractivity contribution is 5.87. The molecule has 15 nitrogen and oxygen atoms in total.